The highest BCUT2D eigenvalue weighted by molar-refractivity contribution is 5.91. The van der Waals surface area contributed by atoms with Crippen LogP contribution >= 0.6 is 0 Å². The van der Waals surface area contributed by atoms with Crippen LogP contribution in [-0.4, -0.2) is 25.9 Å². The molecule has 0 atom stereocenters. The predicted octanol–water partition coefficient (Wildman–Crippen LogP) is 5.98. The molecule has 156 valence electrons. The van der Waals surface area contributed by atoms with Crippen molar-refractivity contribution in [1.29, 1.82) is 0 Å². The molecule has 2 aromatic carbocycles. The topological polar surface area (TPSA) is 48.0 Å². The summed E-state index contributed by atoms with van der Waals surface area (Å²) >= 11 is 0. The van der Waals surface area contributed by atoms with Gasteiger partial charge in [-0.2, -0.15) is 0 Å². The Morgan fingerprint density at radius 1 is 1.03 bits per heavy atom. The molecule has 0 spiro atoms. The van der Waals surface area contributed by atoms with Gasteiger partial charge in [-0.1, -0.05) is 0 Å². The van der Waals surface area contributed by atoms with E-state index in [1.807, 2.05) is 54.5 Å². The Hall–Kier alpha value is -2.69. The minimum atomic E-state index is -0.554. The van der Waals surface area contributed by atoms with Crippen molar-refractivity contribution in [3.05, 3.63) is 41.0 Å². The van der Waals surface area contributed by atoms with Crippen molar-refractivity contribution in [2.45, 2.75) is 59.7 Å². The van der Waals surface area contributed by atoms with Gasteiger partial charge in [0.05, 0.1) is 12.8 Å². The Labute approximate surface area is 173 Å². The Kier molecular flexibility index (Phi) is 5.06. The zero-order valence-electron chi connectivity index (χ0n) is 18.9. The molecular formula is C24H31NO4. The maximum atomic E-state index is 12.6. The number of hydrogen-bond donors (Lipinski definition) is 0. The fourth-order valence-electron chi connectivity index (χ4n) is 3.72. The number of benzene rings is 2. The molecule has 0 unspecified atom stereocenters. The minimum Gasteiger partial charge on any atom is -0.496 e. The maximum Gasteiger partial charge on any atom is 0.414 e. The van der Waals surface area contributed by atoms with Gasteiger partial charge in [0.15, 0.2) is 0 Å². The van der Waals surface area contributed by atoms with E-state index in [4.69, 9.17) is 14.2 Å². The Bertz CT molecular complexity index is 970. The molecule has 1 amide bonds. The van der Waals surface area contributed by atoms with Crippen LogP contribution in [0, 0.1) is 13.8 Å². The number of nitrogens with zero attached hydrogens (tertiary/aromatic N) is 1. The first-order valence-corrected chi connectivity index (χ1v) is 9.84. The van der Waals surface area contributed by atoms with Gasteiger partial charge in [0, 0.05) is 24.2 Å². The molecule has 5 nitrogen and oxygen atoms in total. The van der Waals surface area contributed by atoms with Crippen molar-refractivity contribution in [2.24, 2.45) is 0 Å². The summed E-state index contributed by atoms with van der Waals surface area (Å²) in [6.45, 7) is 13.7. The fourth-order valence-corrected chi connectivity index (χ4v) is 3.72. The number of fused-ring (bicyclic) bond motifs is 3. The van der Waals surface area contributed by atoms with E-state index in [2.05, 4.69) is 18.2 Å². The molecule has 1 heterocycles. The lowest BCUT2D eigenvalue weighted by molar-refractivity contribution is 0.0589. The third kappa shape index (κ3) is 3.91. The molecule has 0 aliphatic carbocycles. The van der Waals surface area contributed by atoms with Gasteiger partial charge in [-0.25, -0.2) is 4.79 Å². The van der Waals surface area contributed by atoms with Gasteiger partial charge in [-0.3, -0.25) is 4.90 Å². The zero-order valence-corrected chi connectivity index (χ0v) is 18.9. The van der Waals surface area contributed by atoms with Crippen LogP contribution in [0.1, 0.15) is 51.3 Å². The molecule has 0 radical (unpaired) electrons. The monoisotopic (exact) mass is 397 g/mol. The van der Waals surface area contributed by atoms with Crippen molar-refractivity contribution in [1.82, 2.24) is 0 Å². The van der Waals surface area contributed by atoms with Crippen molar-refractivity contribution >= 4 is 11.8 Å². The number of carbonyl (C=O) groups is 1. The predicted molar refractivity (Wildman–Crippen MR) is 116 cm³/mol. The molecule has 3 rings (SSSR count). The number of aryl methyl sites for hydroxylation is 2. The van der Waals surface area contributed by atoms with Crippen LogP contribution in [0.4, 0.5) is 10.5 Å². The van der Waals surface area contributed by atoms with Crippen molar-refractivity contribution in [3.63, 3.8) is 0 Å². The highest BCUT2D eigenvalue weighted by atomic mass is 16.6. The SMILES string of the molecule is COc1cc2c(cc1C)-c1cc(C)c(N(C)C(=O)OC(C)(C)C)cc1OC2(C)C. The maximum absolute atomic E-state index is 12.6. The third-order valence-corrected chi connectivity index (χ3v) is 5.17. The van der Waals surface area contributed by atoms with E-state index in [9.17, 15) is 4.79 Å². The molecule has 29 heavy (non-hydrogen) atoms. The van der Waals surface area contributed by atoms with Crippen LogP contribution in [-0.2, 0) is 10.3 Å². The van der Waals surface area contributed by atoms with Gasteiger partial charge in [0.1, 0.15) is 22.7 Å². The highest BCUT2D eigenvalue weighted by Gasteiger charge is 2.34. The van der Waals surface area contributed by atoms with E-state index in [1.54, 1.807) is 14.2 Å². The molecule has 0 N–H and O–H groups in total. The van der Waals surface area contributed by atoms with Gasteiger partial charge in [0.25, 0.3) is 0 Å². The van der Waals surface area contributed by atoms with Crippen LogP contribution in [0.25, 0.3) is 11.1 Å². The number of anilines is 1. The van der Waals surface area contributed by atoms with Crippen LogP contribution < -0.4 is 14.4 Å². The fraction of sp³-hybridized carbons (Fsp3) is 0.458. The third-order valence-electron chi connectivity index (χ3n) is 5.17. The van der Waals surface area contributed by atoms with Crippen molar-refractivity contribution < 1.29 is 19.0 Å². The second kappa shape index (κ2) is 6.97. The average molecular weight is 398 g/mol. The zero-order chi connectivity index (χ0) is 21.7. The lowest BCUT2D eigenvalue weighted by Gasteiger charge is -2.36. The number of methoxy groups -OCH3 is 1. The summed E-state index contributed by atoms with van der Waals surface area (Å²) in [5.74, 6) is 1.60. The van der Waals surface area contributed by atoms with Crippen LogP contribution in [0.2, 0.25) is 0 Å². The molecular weight excluding hydrogens is 366 g/mol. The molecule has 0 bridgehead atoms. The van der Waals surface area contributed by atoms with E-state index in [-0.39, 0.29) is 0 Å². The molecule has 2 aromatic rings. The number of amides is 1. The Morgan fingerprint density at radius 3 is 2.24 bits per heavy atom. The summed E-state index contributed by atoms with van der Waals surface area (Å²) in [4.78, 5) is 14.1. The average Bonchev–Trinajstić information content (AvgIpc) is 2.59. The normalized spacial score (nSPS) is 14.4. The lowest BCUT2D eigenvalue weighted by Crippen LogP contribution is -2.35. The van der Waals surface area contributed by atoms with Crippen LogP contribution in [0.15, 0.2) is 24.3 Å². The molecule has 1 aliphatic rings. The highest BCUT2D eigenvalue weighted by Crippen LogP contribution is 2.49. The molecule has 0 saturated heterocycles. The number of ether oxygens (including phenoxy) is 3. The van der Waals surface area contributed by atoms with Crippen LogP contribution in [0.5, 0.6) is 11.5 Å². The van der Waals surface area contributed by atoms with Gasteiger partial charge < -0.3 is 14.2 Å². The smallest absolute Gasteiger partial charge is 0.414 e. The van der Waals surface area contributed by atoms with E-state index < -0.39 is 17.3 Å². The first-order valence-electron chi connectivity index (χ1n) is 9.84. The van der Waals surface area contributed by atoms with Crippen LogP contribution in [0.3, 0.4) is 0 Å². The van der Waals surface area contributed by atoms with Gasteiger partial charge >= 0.3 is 6.09 Å². The summed E-state index contributed by atoms with van der Waals surface area (Å²) in [6.07, 6.45) is -0.392. The summed E-state index contributed by atoms with van der Waals surface area (Å²) in [6, 6.07) is 8.21. The molecule has 0 saturated carbocycles. The summed E-state index contributed by atoms with van der Waals surface area (Å²) < 4.78 is 17.4. The molecule has 1 aliphatic heterocycles. The standard InChI is InChI=1S/C24H31NO4/c1-14-10-17-16-11-15(2)20(27-9)12-18(16)24(6,7)28-21(17)13-19(14)25(8)22(26)29-23(3,4)5/h10-13H,1-9H3. The van der Waals surface area contributed by atoms with E-state index >= 15 is 0 Å². The van der Waals surface area contributed by atoms with Crippen molar-refractivity contribution in [3.8, 4) is 22.6 Å². The number of hydrogen-bond acceptors (Lipinski definition) is 4. The van der Waals surface area contributed by atoms with E-state index in [1.165, 1.54) is 4.90 Å². The second-order valence-corrected chi connectivity index (χ2v) is 9.15. The summed E-state index contributed by atoms with van der Waals surface area (Å²) in [5.41, 5.74) is 4.96. The quantitative estimate of drug-likeness (QED) is 0.626. The lowest BCUT2D eigenvalue weighted by atomic mass is 9.84. The molecule has 0 fully saturated rings. The van der Waals surface area contributed by atoms with Gasteiger partial charge in [0.2, 0.25) is 0 Å². The molecule has 5 heteroatoms. The van der Waals surface area contributed by atoms with E-state index in [0.717, 1.165) is 45.0 Å². The first kappa shape index (κ1) is 21.0. The molecule has 0 aromatic heterocycles. The Morgan fingerprint density at radius 2 is 1.66 bits per heavy atom. The minimum absolute atomic E-state index is 0.392. The number of carbonyl (C=O) groups excluding carboxylic acids is 1. The first-order chi connectivity index (χ1) is 13.3. The van der Waals surface area contributed by atoms with E-state index in [0.29, 0.717) is 0 Å². The summed E-state index contributed by atoms with van der Waals surface area (Å²) in [5, 5.41) is 0. The summed E-state index contributed by atoms with van der Waals surface area (Å²) in [7, 11) is 3.40. The largest absolute Gasteiger partial charge is 0.496 e. The Balaban J connectivity index is 2.11. The van der Waals surface area contributed by atoms with Gasteiger partial charge in [-0.15, -0.1) is 0 Å². The van der Waals surface area contributed by atoms with Gasteiger partial charge in [-0.05, 0) is 83.4 Å². The van der Waals surface area contributed by atoms with Crippen molar-refractivity contribution in [2.75, 3.05) is 19.1 Å². The number of rotatable bonds is 2. The second-order valence-electron chi connectivity index (χ2n) is 9.15.